The van der Waals surface area contributed by atoms with Gasteiger partial charge in [-0.25, -0.2) is 9.98 Å². The lowest BCUT2D eigenvalue weighted by atomic mass is 9.76. The summed E-state index contributed by atoms with van der Waals surface area (Å²) in [4.78, 5) is 66.9. The highest BCUT2D eigenvalue weighted by Gasteiger charge is 2.50. The average molecular weight is 811 g/mol. The van der Waals surface area contributed by atoms with Crippen LogP contribution in [0.4, 0.5) is 10.0 Å². The minimum absolute atomic E-state index is 0.0440. The van der Waals surface area contributed by atoms with E-state index in [-0.39, 0.29) is 32.4 Å². The highest BCUT2D eigenvalue weighted by molar-refractivity contribution is 7.34. The van der Waals surface area contributed by atoms with Gasteiger partial charge in [0.2, 0.25) is 21.7 Å². The summed E-state index contributed by atoms with van der Waals surface area (Å²) in [6.07, 6.45) is 10.2. The standard InChI is InChI=1S/C44H30N2O6S4/c47-33-21-11-3-4-12-22(21)34(48)31(33)45-27-19-25-37(53-27)39-29(43(51-25)15-7-1-8-16-43)41-42(55-39)30-40(56-41)38-26(52-44(30)17-9-2-10-18-44)20-28(54-38)46-32-35(49)23-13-5-6-14-24(23)36(32)50/h3-6,11-14,19-20H,1-2,7-10,15-18H2. The van der Waals surface area contributed by atoms with Gasteiger partial charge in [-0.15, -0.1) is 45.3 Å². The summed E-state index contributed by atoms with van der Waals surface area (Å²) in [6, 6.07) is 17.7. The van der Waals surface area contributed by atoms with Crippen LogP contribution in [0.25, 0.3) is 50.5 Å². The Kier molecular flexibility index (Phi) is 7.03. The molecule has 2 fully saturated rings. The molecule has 4 aliphatic rings. The molecule has 0 atom stereocenters. The molecule has 4 aromatic carbocycles. The van der Waals surface area contributed by atoms with Crippen LogP contribution in [0.2, 0.25) is 0 Å². The third-order valence-corrected chi connectivity index (χ3v) is 17.2. The van der Waals surface area contributed by atoms with Crippen molar-refractivity contribution < 1.29 is 9.47 Å². The highest BCUT2D eigenvalue weighted by atomic mass is 32.1. The van der Waals surface area contributed by atoms with Crippen LogP contribution in [0, 0.1) is 0 Å². The van der Waals surface area contributed by atoms with Gasteiger partial charge < -0.3 is 9.47 Å². The van der Waals surface area contributed by atoms with Gasteiger partial charge in [-0.2, -0.15) is 0 Å². The summed E-state index contributed by atoms with van der Waals surface area (Å²) in [5, 5.41) is 2.69. The van der Waals surface area contributed by atoms with Gasteiger partial charge in [-0.05, 0) is 51.4 Å². The third kappa shape index (κ3) is 4.49. The Morgan fingerprint density at radius 1 is 0.464 bits per heavy atom. The summed E-state index contributed by atoms with van der Waals surface area (Å²) >= 11 is 6.59. The number of fused-ring (bicyclic) bond motifs is 13. The topological polar surface area (TPSA) is 111 Å². The van der Waals surface area contributed by atoms with Crippen molar-refractivity contribution in [2.24, 2.45) is 9.98 Å². The lowest BCUT2D eigenvalue weighted by molar-refractivity contribution is 0.0258. The molecular weight excluding hydrogens is 781 g/mol. The fraction of sp³-hybridized carbons (Fsp3) is 0.273. The van der Waals surface area contributed by atoms with Crippen molar-refractivity contribution >= 4 is 86.3 Å². The number of benzene rings is 2. The number of nitrogens with zero attached hydrogens (tertiary/aromatic N) is 2. The van der Waals surface area contributed by atoms with E-state index in [9.17, 15) is 19.2 Å². The van der Waals surface area contributed by atoms with E-state index in [0.717, 1.165) is 85.5 Å². The second-order valence-corrected chi connectivity index (χ2v) is 19.6. The number of hydrogen-bond donors (Lipinski definition) is 0. The summed E-state index contributed by atoms with van der Waals surface area (Å²) in [7, 11) is 0. The minimum Gasteiger partial charge on any atom is -0.481 e. The minimum atomic E-state index is -0.499. The molecule has 12 rings (SSSR count). The highest BCUT2D eigenvalue weighted by Crippen LogP contribution is 2.66. The molecule has 12 heteroatoms. The molecule has 0 amide bonds. The van der Waals surface area contributed by atoms with Crippen molar-refractivity contribution in [3.63, 3.8) is 0 Å². The Bertz CT molecular complexity index is 3010. The van der Waals surface area contributed by atoms with E-state index >= 15 is 0 Å². The van der Waals surface area contributed by atoms with Gasteiger partial charge >= 0.3 is 0 Å². The molecule has 2 aliphatic carbocycles. The zero-order valence-electron chi connectivity index (χ0n) is 29.8. The lowest BCUT2D eigenvalue weighted by Crippen LogP contribution is -2.37. The molecule has 6 heterocycles. The van der Waals surface area contributed by atoms with Crippen LogP contribution >= 0.6 is 45.3 Å². The molecule has 56 heavy (non-hydrogen) atoms. The summed E-state index contributed by atoms with van der Waals surface area (Å²) in [5.41, 5.74) is 0.150. The van der Waals surface area contributed by atoms with Crippen LogP contribution in [0.5, 0.6) is 11.5 Å². The summed E-state index contributed by atoms with van der Waals surface area (Å²) in [5.74, 6) is 1.54. The molecule has 0 bridgehead atoms. The Morgan fingerprint density at radius 3 is 1.18 bits per heavy atom. The second-order valence-electron chi connectivity index (χ2n) is 15.5. The van der Waals surface area contributed by atoms with Gasteiger partial charge in [0.05, 0.1) is 28.9 Å². The van der Waals surface area contributed by atoms with E-state index in [1.807, 2.05) is 34.8 Å². The van der Waals surface area contributed by atoms with Gasteiger partial charge in [0, 0.05) is 44.8 Å². The monoisotopic (exact) mass is 810 g/mol. The van der Waals surface area contributed by atoms with Crippen LogP contribution in [-0.4, -0.2) is 0 Å². The van der Waals surface area contributed by atoms with Crippen molar-refractivity contribution in [2.75, 3.05) is 0 Å². The van der Waals surface area contributed by atoms with Crippen LogP contribution < -0.4 is 41.9 Å². The number of hydrogen-bond acceptors (Lipinski definition) is 12. The zero-order valence-corrected chi connectivity index (χ0v) is 33.1. The molecule has 2 saturated carbocycles. The lowest BCUT2D eigenvalue weighted by Gasteiger charge is -2.40. The maximum Gasteiger partial charge on any atom is 0.216 e. The molecule has 0 unspecified atom stereocenters. The predicted molar refractivity (Wildman–Crippen MR) is 225 cm³/mol. The van der Waals surface area contributed by atoms with Gasteiger partial charge in [0.15, 0.2) is 10.7 Å². The Morgan fingerprint density at radius 2 is 0.821 bits per heavy atom. The number of ether oxygens (including phenoxy) is 2. The van der Waals surface area contributed by atoms with Crippen LogP contribution in [0.15, 0.2) is 89.8 Å². The molecular formula is C44H30N2O6S4. The Labute approximate surface area is 333 Å². The molecule has 0 N–H and O–H groups in total. The van der Waals surface area contributed by atoms with Crippen LogP contribution in [0.1, 0.15) is 75.3 Å². The quantitative estimate of drug-likeness (QED) is 0.172. The van der Waals surface area contributed by atoms with Crippen LogP contribution in [0.3, 0.4) is 0 Å². The van der Waals surface area contributed by atoms with Crippen molar-refractivity contribution in [3.05, 3.63) is 123 Å². The fourth-order valence-electron chi connectivity index (χ4n) is 9.76. The SMILES string of the molecule is O=c1c(=Nc2cc3c(s2)-c2sc4c5c(sc4c2C2(CCCCC2)O3)-c2sc(N=c3c(=O)c4ccccc4c3=O)cc2OC52CCCCC2)c(=O)c2ccccc12. The van der Waals surface area contributed by atoms with Crippen molar-refractivity contribution in [1.29, 1.82) is 0 Å². The molecule has 2 aliphatic heterocycles. The maximum atomic E-state index is 13.3. The average Bonchev–Trinajstić information content (AvgIpc) is 4.05. The second kappa shape index (κ2) is 11.8. The molecule has 0 saturated heterocycles. The van der Waals surface area contributed by atoms with E-state index in [1.54, 1.807) is 48.5 Å². The van der Waals surface area contributed by atoms with E-state index in [1.165, 1.54) is 53.0 Å². The normalized spacial score (nSPS) is 17.8. The first kappa shape index (κ1) is 33.3. The van der Waals surface area contributed by atoms with Gasteiger partial charge in [0.25, 0.3) is 0 Å². The Hall–Kier alpha value is -4.88. The number of thiophene rings is 4. The van der Waals surface area contributed by atoms with Gasteiger partial charge in [-0.1, -0.05) is 61.4 Å². The molecule has 4 aromatic heterocycles. The first-order valence-electron chi connectivity index (χ1n) is 19.1. The summed E-state index contributed by atoms with van der Waals surface area (Å²) in [6.45, 7) is 0. The van der Waals surface area contributed by atoms with E-state index in [0.29, 0.717) is 31.5 Å². The molecule has 8 nitrogen and oxygen atoms in total. The predicted octanol–water partition coefficient (Wildman–Crippen LogP) is 9.49. The summed E-state index contributed by atoms with van der Waals surface area (Å²) < 4.78 is 16.8. The molecule has 8 aromatic rings. The van der Waals surface area contributed by atoms with Gasteiger partial charge in [-0.3, -0.25) is 19.2 Å². The number of rotatable bonds is 2. The van der Waals surface area contributed by atoms with Crippen molar-refractivity contribution in [2.45, 2.75) is 75.4 Å². The van der Waals surface area contributed by atoms with Gasteiger partial charge in [0.1, 0.15) is 32.7 Å². The molecule has 2 spiro atoms. The largest absolute Gasteiger partial charge is 0.481 e. The van der Waals surface area contributed by atoms with Crippen molar-refractivity contribution in [3.8, 4) is 31.0 Å². The van der Waals surface area contributed by atoms with E-state index in [2.05, 4.69) is 0 Å². The molecule has 0 radical (unpaired) electrons. The maximum absolute atomic E-state index is 13.3. The van der Waals surface area contributed by atoms with Crippen molar-refractivity contribution in [1.82, 2.24) is 0 Å². The molecule has 276 valence electrons. The Balaban J connectivity index is 1.07. The fourth-order valence-corrected chi connectivity index (χ4v) is 15.2. The van der Waals surface area contributed by atoms with E-state index < -0.39 is 11.2 Å². The smallest absolute Gasteiger partial charge is 0.216 e. The zero-order chi connectivity index (χ0) is 37.5. The first-order chi connectivity index (χ1) is 27.3. The third-order valence-electron chi connectivity index (χ3n) is 12.3. The van der Waals surface area contributed by atoms with Crippen LogP contribution in [-0.2, 0) is 11.2 Å². The van der Waals surface area contributed by atoms with E-state index in [4.69, 9.17) is 19.5 Å². The first-order valence-corrected chi connectivity index (χ1v) is 22.4.